The molecule has 0 radical (unpaired) electrons. The highest BCUT2D eigenvalue weighted by atomic mass is 16.5. The fourth-order valence-corrected chi connectivity index (χ4v) is 1.77. The van der Waals surface area contributed by atoms with E-state index in [1.807, 2.05) is 0 Å². The van der Waals surface area contributed by atoms with E-state index in [4.69, 9.17) is 15.6 Å². The monoisotopic (exact) mass is 245 g/mol. The highest BCUT2D eigenvalue weighted by Crippen LogP contribution is 2.14. The Morgan fingerprint density at radius 2 is 2.35 bits per heavy atom. The van der Waals surface area contributed by atoms with Crippen molar-refractivity contribution in [2.24, 2.45) is 11.7 Å². The van der Waals surface area contributed by atoms with Crippen molar-refractivity contribution in [3.05, 3.63) is 0 Å². The third-order valence-electron chi connectivity index (χ3n) is 2.91. The summed E-state index contributed by atoms with van der Waals surface area (Å²) in [6.07, 6.45) is -0.108. The quantitative estimate of drug-likeness (QED) is 0.580. The van der Waals surface area contributed by atoms with Crippen LogP contribution in [0.2, 0.25) is 0 Å². The Kier molecular flexibility index (Phi) is 5.17. The summed E-state index contributed by atoms with van der Waals surface area (Å²) < 4.78 is 4.71. The maximum atomic E-state index is 11.7. The molecule has 2 amide bonds. The van der Waals surface area contributed by atoms with Gasteiger partial charge in [-0.3, -0.25) is 0 Å². The molecule has 0 saturated carbocycles. The minimum Gasteiger partial charge on any atom is -0.479 e. The molecule has 2 atom stereocenters. The van der Waals surface area contributed by atoms with E-state index in [2.05, 4.69) is 5.32 Å². The Hall–Kier alpha value is -1.34. The maximum absolute atomic E-state index is 11.7. The number of carbonyl (C=O) groups excluding carboxylic acids is 1. The molecule has 1 saturated heterocycles. The molecule has 1 rings (SSSR count). The SMILES string of the molecule is COC(CNC(=O)N1CCC(CN)C1)C(=O)O. The van der Waals surface area contributed by atoms with E-state index in [-0.39, 0.29) is 12.6 Å². The number of nitrogens with one attached hydrogen (secondary N) is 1. The Labute approximate surface area is 99.9 Å². The van der Waals surface area contributed by atoms with Gasteiger partial charge in [-0.2, -0.15) is 0 Å². The smallest absolute Gasteiger partial charge is 0.334 e. The lowest BCUT2D eigenvalue weighted by Crippen LogP contribution is -2.44. The number of ether oxygens (including phenoxy) is 1. The molecule has 7 nitrogen and oxygen atoms in total. The zero-order valence-electron chi connectivity index (χ0n) is 9.89. The first-order valence-corrected chi connectivity index (χ1v) is 5.57. The predicted octanol–water partition coefficient (Wildman–Crippen LogP) is -0.924. The van der Waals surface area contributed by atoms with Crippen LogP contribution < -0.4 is 11.1 Å². The van der Waals surface area contributed by atoms with Gasteiger partial charge in [-0.25, -0.2) is 9.59 Å². The van der Waals surface area contributed by atoms with Gasteiger partial charge in [-0.15, -0.1) is 0 Å². The number of carboxylic acids is 1. The number of urea groups is 1. The molecule has 0 spiro atoms. The minimum atomic E-state index is -1.09. The van der Waals surface area contributed by atoms with Crippen LogP contribution in [0.5, 0.6) is 0 Å². The summed E-state index contributed by atoms with van der Waals surface area (Å²) >= 11 is 0. The average molecular weight is 245 g/mol. The Bertz CT molecular complexity index is 285. The summed E-state index contributed by atoms with van der Waals surface area (Å²) in [5.41, 5.74) is 5.52. The molecule has 1 fully saturated rings. The largest absolute Gasteiger partial charge is 0.479 e. The lowest BCUT2D eigenvalue weighted by molar-refractivity contribution is -0.148. The molecule has 1 aliphatic heterocycles. The minimum absolute atomic E-state index is 0.0333. The first kappa shape index (κ1) is 13.7. The number of hydrogen-bond acceptors (Lipinski definition) is 4. The standard InChI is InChI=1S/C10H19N3O4/c1-17-8(9(14)15)5-12-10(16)13-3-2-7(4-11)6-13/h7-8H,2-6,11H2,1H3,(H,12,16)(H,14,15). The summed E-state index contributed by atoms with van der Waals surface area (Å²) in [6.45, 7) is 1.83. The average Bonchev–Trinajstić information content (AvgIpc) is 2.77. The van der Waals surface area contributed by atoms with Crippen LogP contribution in [-0.4, -0.2) is 61.4 Å². The third-order valence-corrected chi connectivity index (χ3v) is 2.91. The molecular weight excluding hydrogens is 226 g/mol. The molecule has 4 N–H and O–H groups in total. The summed E-state index contributed by atoms with van der Waals surface area (Å²) in [4.78, 5) is 24.0. The van der Waals surface area contributed by atoms with E-state index < -0.39 is 12.1 Å². The number of methoxy groups -OCH3 is 1. The van der Waals surface area contributed by atoms with Gasteiger partial charge in [0, 0.05) is 20.2 Å². The van der Waals surface area contributed by atoms with Gasteiger partial charge in [0.2, 0.25) is 0 Å². The van der Waals surface area contributed by atoms with Crippen LogP contribution in [0.4, 0.5) is 4.79 Å². The number of likely N-dealkylation sites (tertiary alicyclic amines) is 1. The summed E-state index contributed by atoms with van der Waals surface area (Å²) in [7, 11) is 1.30. The molecular formula is C10H19N3O4. The number of nitrogens with two attached hydrogens (primary N) is 1. The number of hydrogen-bond donors (Lipinski definition) is 3. The Morgan fingerprint density at radius 1 is 1.65 bits per heavy atom. The van der Waals surface area contributed by atoms with Crippen molar-refractivity contribution in [3.8, 4) is 0 Å². The van der Waals surface area contributed by atoms with E-state index in [1.54, 1.807) is 4.90 Å². The zero-order valence-corrected chi connectivity index (χ0v) is 9.89. The van der Waals surface area contributed by atoms with E-state index >= 15 is 0 Å². The molecule has 0 bridgehead atoms. The van der Waals surface area contributed by atoms with Crippen LogP contribution in [0.15, 0.2) is 0 Å². The summed E-state index contributed by atoms with van der Waals surface area (Å²) in [5, 5.41) is 11.3. The van der Waals surface area contributed by atoms with Crippen LogP contribution in [0.3, 0.4) is 0 Å². The lowest BCUT2D eigenvalue weighted by Gasteiger charge is -2.18. The lowest BCUT2D eigenvalue weighted by atomic mass is 10.1. The van der Waals surface area contributed by atoms with Crippen LogP contribution in [0.25, 0.3) is 0 Å². The maximum Gasteiger partial charge on any atom is 0.334 e. The molecule has 1 aliphatic rings. The fourth-order valence-electron chi connectivity index (χ4n) is 1.77. The molecule has 0 aromatic carbocycles. The molecule has 0 aromatic heterocycles. The summed E-state index contributed by atoms with van der Waals surface area (Å²) in [6, 6.07) is -0.260. The van der Waals surface area contributed by atoms with Crippen LogP contribution in [-0.2, 0) is 9.53 Å². The highest BCUT2D eigenvalue weighted by molar-refractivity contribution is 5.77. The number of carboxylic acid groups (broad SMARTS) is 1. The molecule has 0 aliphatic carbocycles. The van der Waals surface area contributed by atoms with E-state index in [0.29, 0.717) is 25.6 Å². The van der Waals surface area contributed by atoms with Crippen molar-refractivity contribution in [3.63, 3.8) is 0 Å². The van der Waals surface area contributed by atoms with Gasteiger partial charge in [-0.05, 0) is 18.9 Å². The van der Waals surface area contributed by atoms with Gasteiger partial charge in [0.15, 0.2) is 6.10 Å². The van der Waals surface area contributed by atoms with Crippen LogP contribution in [0, 0.1) is 5.92 Å². The second-order valence-electron chi connectivity index (χ2n) is 4.09. The highest BCUT2D eigenvalue weighted by Gasteiger charge is 2.26. The first-order chi connectivity index (χ1) is 8.08. The molecule has 2 unspecified atom stereocenters. The van der Waals surface area contributed by atoms with Crippen molar-refractivity contribution >= 4 is 12.0 Å². The molecule has 0 aromatic rings. The molecule has 98 valence electrons. The van der Waals surface area contributed by atoms with Gasteiger partial charge < -0.3 is 25.8 Å². The van der Waals surface area contributed by atoms with Crippen molar-refractivity contribution in [1.29, 1.82) is 0 Å². The third kappa shape index (κ3) is 3.86. The van der Waals surface area contributed by atoms with Gasteiger partial charge in [0.25, 0.3) is 0 Å². The number of amides is 2. The van der Waals surface area contributed by atoms with E-state index in [9.17, 15) is 9.59 Å². The van der Waals surface area contributed by atoms with Crippen LogP contribution in [0.1, 0.15) is 6.42 Å². The second kappa shape index (κ2) is 6.41. The van der Waals surface area contributed by atoms with Crippen molar-refractivity contribution in [2.45, 2.75) is 12.5 Å². The normalized spacial score (nSPS) is 21.3. The first-order valence-electron chi connectivity index (χ1n) is 5.57. The number of rotatable bonds is 5. The van der Waals surface area contributed by atoms with Crippen molar-refractivity contribution in [1.82, 2.24) is 10.2 Å². The fraction of sp³-hybridized carbons (Fsp3) is 0.800. The molecule has 7 heteroatoms. The topological polar surface area (TPSA) is 105 Å². The predicted molar refractivity (Wildman–Crippen MR) is 60.6 cm³/mol. The number of aliphatic carboxylic acids is 1. The molecule has 17 heavy (non-hydrogen) atoms. The zero-order chi connectivity index (χ0) is 12.8. The van der Waals surface area contributed by atoms with E-state index in [0.717, 1.165) is 6.42 Å². The summed E-state index contributed by atoms with van der Waals surface area (Å²) in [5.74, 6) is -0.743. The number of carbonyl (C=O) groups is 2. The molecule has 1 heterocycles. The van der Waals surface area contributed by atoms with Crippen LogP contribution >= 0.6 is 0 Å². The van der Waals surface area contributed by atoms with Gasteiger partial charge >= 0.3 is 12.0 Å². The van der Waals surface area contributed by atoms with Gasteiger partial charge in [0.05, 0.1) is 6.54 Å². The van der Waals surface area contributed by atoms with Gasteiger partial charge in [-0.1, -0.05) is 0 Å². The Morgan fingerprint density at radius 3 is 2.82 bits per heavy atom. The van der Waals surface area contributed by atoms with Gasteiger partial charge in [0.1, 0.15) is 0 Å². The second-order valence-corrected chi connectivity index (χ2v) is 4.09. The Balaban J connectivity index is 2.32. The van der Waals surface area contributed by atoms with Crippen molar-refractivity contribution in [2.75, 3.05) is 33.3 Å². The van der Waals surface area contributed by atoms with Crippen molar-refractivity contribution < 1.29 is 19.4 Å². The number of nitrogens with zero attached hydrogens (tertiary/aromatic N) is 1. The van der Waals surface area contributed by atoms with E-state index in [1.165, 1.54) is 7.11 Å².